The molecule has 33 heavy (non-hydrogen) atoms. The Morgan fingerprint density at radius 3 is 2.76 bits per heavy atom. The van der Waals surface area contributed by atoms with E-state index in [2.05, 4.69) is 38.5 Å². The molecule has 0 spiro atoms. The molecule has 3 aromatic heterocycles. The van der Waals surface area contributed by atoms with Crippen molar-refractivity contribution in [3.05, 3.63) is 47.4 Å². The summed E-state index contributed by atoms with van der Waals surface area (Å²) in [6, 6.07) is 2.13. The summed E-state index contributed by atoms with van der Waals surface area (Å²) in [5, 5.41) is 5.00. The second-order valence-electron chi connectivity index (χ2n) is 7.81. The van der Waals surface area contributed by atoms with Gasteiger partial charge in [0.05, 0.1) is 23.5 Å². The molecule has 0 atom stereocenters. The number of fused-ring (bicyclic) bond motifs is 1. The molecule has 0 bridgehead atoms. The maximum absolute atomic E-state index is 11.8. The molecule has 174 valence electrons. The van der Waals surface area contributed by atoms with Crippen molar-refractivity contribution in [2.45, 2.75) is 26.2 Å². The lowest BCUT2D eigenvalue weighted by molar-refractivity contribution is -0.126. The van der Waals surface area contributed by atoms with Gasteiger partial charge in [-0.15, -0.1) is 5.10 Å². The van der Waals surface area contributed by atoms with Crippen molar-refractivity contribution in [3.63, 3.8) is 0 Å². The van der Waals surface area contributed by atoms with Crippen molar-refractivity contribution in [1.82, 2.24) is 29.5 Å². The zero-order valence-electron chi connectivity index (χ0n) is 18.6. The molecule has 0 radical (unpaired) electrons. The van der Waals surface area contributed by atoms with Gasteiger partial charge in [0.2, 0.25) is 5.91 Å². The van der Waals surface area contributed by atoms with Crippen LogP contribution >= 0.6 is 11.6 Å². The van der Waals surface area contributed by atoms with Crippen LogP contribution in [0.5, 0.6) is 6.01 Å². The number of hydrogen-bond acceptors (Lipinski definition) is 8. The van der Waals surface area contributed by atoms with E-state index in [4.69, 9.17) is 22.1 Å². The number of anilines is 2. The highest BCUT2D eigenvalue weighted by molar-refractivity contribution is 6.33. The average molecular weight is 471 g/mol. The number of rotatable bonds is 8. The van der Waals surface area contributed by atoms with Gasteiger partial charge in [-0.3, -0.25) is 4.79 Å². The monoisotopic (exact) mass is 470 g/mol. The second kappa shape index (κ2) is 10.0. The van der Waals surface area contributed by atoms with Gasteiger partial charge in [-0.05, 0) is 24.1 Å². The van der Waals surface area contributed by atoms with Crippen LogP contribution in [-0.2, 0) is 11.2 Å². The fourth-order valence-corrected chi connectivity index (χ4v) is 4.00. The van der Waals surface area contributed by atoms with Gasteiger partial charge in [0.25, 0.3) is 0 Å². The quantitative estimate of drug-likeness (QED) is 0.394. The first-order chi connectivity index (χ1) is 16.0. The van der Waals surface area contributed by atoms with Gasteiger partial charge in [0.1, 0.15) is 5.82 Å². The van der Waals surface area contributed by atoms with Crippen LogP contribution in [0.25, 0.3) is 5.65 Å². The van der Waals surface area contributed by atoms with Gasteiger partial charge in [-0.1, -0.05) is 31.5 Å². The number of carbonyl (C=O) groups is 1. The number of piperazine rings is 1. The van der Waals surface area contributed by atoms with Gasteiger partial charge in [0.15, 0.2) is 11.5 Å². The number of ether oxygens (including phenoxy) is 1. The van der Waals surface area contributed by atoms with E-state index in [-0.39, 0.29) is 17.7 Å². The van der Waals surface area contributed by atoms with Crippen LogP contribution in [0.3, 0.4) is 0 Å². The van der Waals surface area contributed by atoms with E-state index < -0.39 is 0 Å². The summed E-state index contributed by atoms with van der Waals surface area (Å²) in [7, 11) is 0. The lowest BCUT2D eigenvalue weighted by atomic mass is 10.1. The van der Waals surface area contributed by atoms with Gasteiger partial charge < -0.3 is 20.3 Å². The molecule has 2 N–H and O–H groups in total. The zero-order chi connectivity index (χ0) is 23.4. The maximum atomic E-state index is 11.8. The predicted molar refractivity (Wildman–Crippen MR) is 127 cm³/mol. The minimum absolute atomic E-state index is 0.0551. The van der Waals surface area contributed by atoms with Crippen molar-refractivity contribution in [2.24, 2.45) is 0 Å². The first-order valence-electron chi connectivity index (χ1n) is 10.9. The van der Waals surface area contributed by atoms with Crippen molar-refractivity contribution in [3.8, 4) is 6.01 Å². The third kappa shape index (κ3) is 5.00. The Kier molecular flexibility index (Phi) is 6.93. The third-order valence-electron chi connectivity index (χ3n) is 5.50. The van der Waals surface area contributed by atoms with Crippen LogP contribution in [0.2, 0.25) is 5.02 Å². The number of halogens is 1. The Hall–Kier alpha value is -3.40. The van der Waals surface area contributed by atoms with E-state index in [0.717, 1.165) is 24.1 Å². The molecule has 1 aliphatic rings. The Morgan fingerprint density at radius 2 is 2.06 bits per heavy atom. The van der Waals surface area contributed by atoms with Crippen LogP contribution in [0.4, 0.5) is 11.6 Å². The molecule has 0 aromatic carbocycles. The Bertz CT molecular complexity index is 1160. The summed E-state index contributed by atoms with van der Waals surface area (Å²) < 4.78 is 7.28. The summed E-state index contributed by atoms with van der Waals surface area (Å²) in [4.78, 5) is 28.8. The van der Waals surface area contributed by atoms with Crippen LogP contribution in [0.15, 0.2) is 31.1 Å². The minimum atomic E-state index is -0.0551. The Balaban J connectivity index is 1.49. The summed E-state index contributed by atoms with van der Waals surface area (Å²) in [6.07, 6.45) is 7.29. The number of nitrogens with two attached hydrogens (primary N) is 1. The second-order valence-corrected chi connectivity index (χ2v) is 8.22. The molecule has 0 saturated carbocycles. The summed E-state index contributed by atoms with van der Waals surface area (Å²) >= 11 is 6.58. The molecule has 0 aliphatic carbocycles. The van der Waals surface area contributed by atoms with E-state index in [1.807, 2.05) is 6.07 Å². The van der Waals surface area contributed by atoms with E-state index in [1.54, 1.807) is 21.8 Å². The van der Waals surface area contributed by atoms with E-state index in [1.165, 1.54) is 6.08 Å². The number of nitrogens with zero attached hydrogens (tertiary/aromatic N) is 7. The van der Waals surface area contributed by atoms with Crippen LogP contribution < -0.4 is 15.4 Å². The number of amides is 1. The lowest BCUT2D eigenvalue weighted by Crippen LogP contribution is -2.48. The first-order valence-corrected chi connectivity index (χ1v) is 11.3. The van der Waals surface area contributed by atoms with Crippen molar-refractivity contribution >= 4 is 34.8 Å². The van der Waals surface area contributed by atoms with Gasteiger partial charge in [-0.2, -0.15) is 4.98 Å². The maximum Gasteiger partial charge on any atom is 0.336 e. The zero-order valence-corrected chi connectivity index (χ0v) is 19.3. The van der Waals surface area contributed by atoms with Gasteiger partial charge in [-0.25, -0.2) is 14.5 Å². The standard InChI is InChI=1S/C22H27ClN8O2/c1-3-5-10-33-22-27-19(24)21-26-14-16(31(21)28-22)11-15-12-17(23)20(25-13-15)30-8-6-29(7-9-30)18(32)4-2/h4,12-14H,2-3,5-11H2,1H3,(H2,24,27,28). The Labute approximate surface area is 197 Å². The molecule has 3 aromatic rings. The fraction of sp³-hybridized carbons (Fsp3) is 0.409. The number of nitrogen functional groups attached to an aromatic ring is 1. The van der Waals surface area contributed by atoms with E-state index in [0.29, 0.717) is 55.7 Å². The highest BCUT2D eigenvalue weighted by Crippen LogP contribution is 2.26. The molecule has 1 amide bonds. The Morgan fingerprint density at radius 1 is 1.27 bits per heavy atom. The normalized spacial score (nSPS) is 14.0. The number of imidazole rings is 1. The van der Waals surface area contributed by atoms with Crippen molar-refractivity contribution in [1.29, 1.82) is 0 Å². The molecular weight excluding hydrogens is 444 g/mol. The van der Waals surface area contributed by atoms with Crippen molar-refractivity contribution < 1.29 is 9.53 Å². The van der Waals surface area contributed by atoms with Gasteiger partial charge in [0, 0.05) is 38.8 Å². The molecule has 4 rings (SSSR count). The number of unbranched alkanes of at least 4 members (excludes halogenated alkanes) is 1. The summed E-state index contributed by atoms with van der Waals surface area (Å²) in [5.74, 6) is 0.922. The molecule has 4 heterocycles. The van der Waals surface area contributed by atoms with E-state index >= 15 is 0 Å². The highest BCUT2D eigenvalue weighted by atomic mass is 35.5. The van der Waals surface area contributed by atoms with Crippen LogP contribution in [0.1, 0.15) is 31.0 Å². The van der Waals surface area contributed by atoms with Crippen LogP contribution in [-0.4, -0.2) is 68.2 Å². The molecule has 1 fully saturated rings. The number of aromatic nitrogens is 5. The van der Waals surface area contributed by atoms with Crippen molar-refractivity contribution in [2.75, 3.05) is 43.4 Å². The predicted octanol–water partition coefficient (Wildman–Crippen LogP) is 2.36. The summed E-state index contributed by atoms with van der Waals surface area (Å²) in [5.41, 5.74) is 8.26. The SMILES string of the molecule is C=CC(=O)N1CCN(c2ncc(Cc3cnc4c(N)nc(OCCCC)nn34)cc2Cl)CC1. The molecule has 11 heteroatoms. The van der Waals surface area contributed by atoms with Gasteiger partial charge >= 0.3 is 6.01 Å². The number of hydrogen-bond donors (Lipinski definition) is 1. The number of pyridine rings is 1. The molecule has 1 aliphatic heterocycles. The number of carbonyl (C=O) groups excluding carboxylic acids is 1. The highest BCUT2D eigenvalue weighted by Gasteiger charge is 2.22. The largest absolute Gasteiger partial charge is 0.462 e. The van der Waals surface area contributed by atoms with Crippen LogP contribution in [0, 0.1) is 0 Å². The topological polar surface area (TPSA) is 115 Å². The summed E-state index contributed by atoms with van der Waals surface area (Å²) in [6.45, 7) is 8.70. The molecule has 10 nitrogen and oxygen atoms in total. The average Bonchev–Trinajstić information content (AvgIpc) is 3.22. The molecule has 0 unspecified atom stereocenters. The molecular formula is C22H27ClN8O2. The first kappa shape index (κ1) is 22.8. The minimum Gasteiger partial charge on any atom is -0.462 e. The van der Waals surface area contributed by atoms with E-state index in [9.17, 15) is 4.79 Å². The third-order valence-corrected chi connectivity index (χ3v) is 5.78. The fourth-order valence-electron chi connectivity index (χ4n) is 3.69. The lowest BCUT2D eigenvalue weighted by Gasteiger charge is -2.35. The molecule has 1 saturated heterocycles. The smallest absolute Gasteiger partial charge is 0.336 e.